The quantitative estimate of drug-likeness (QED) is 0.624. The summed E-state index contributed by atoms with van der Waals surface area (Å²) >= 11 is 6.14. The average Bonchev–Trinajstić information content (AvgIpc) is 3.19. The average molecular weight is 297 g/mol. The molecular weight excluding hydrogens is 276 g/mol. The van der Waals surface area contributed by atoms with Crippen molar-refractivity contribution in [3.63, 3.8) is 0 Å². The Balaban J connectivity index is 1.90. The van der Waals surface area contributed by atoms with E-state index in [0.29, 0.717) is 42.0 Å². The van der Waals surface area contributed by atoms with Gasteiger partial charge in [-0.1, -0.05) is 25.4 Å². The number of nitrogens with one attached hydrogen (secondary N) is 1. The van der Waals surface area contributed by atoms with Crippen LogP contribution < -0.4 is 15.8 Å². The Labute approximate surface area is 124 Å². The molecule has 0 spiro atoms. The summed E-state index contributed by atoms with van der Waals surface area (Å²) in [6.07, 6.45) is 4.06. The lowest BCUT2D eigenvalue weighted by Crippen LogP contribution is -2.33. The minimum atomic E-state index is 0.436. The summed E-state index contributed by atoms with van der Waals surface area (Å²) in [4.78, 5) is 8.48. The van der Waals surface area contributed by atoms with Gasteiger partial charge in [0, 0.05) is 12.2 Å². The van der Waals surface area contributed by atoms with Crippen molar-refractivity contribution in [3.05, 3.63) is 22.8 Å². The number of hydrogen-bond donors (Lipinski definition) is 2. The second-order valence-corrected chi connectivity index (χ2v) is 5.86. The zero-order valence-corrected chi connectivity index (χ0v) is 12.7. The van der Waals surface area contributed by atoms with E-state index in [-0.39, 0.29) is 0 Å². The maximum atomic E-state index is 6.14. The monoisotopic (exact) mass is 296 g/mol. The van der Waals surface area contributed by atoms with Gasteiger partial charge in [-0.3, -0.25) is 0 Å². The number of nitrogens with two attached hydrogens (primary N) is 1. The highest BCUT2D eigenvalue weighted by Crippen LogP contribution is 2.23. The van der Waals surface area contributed by atoms with Gasteiger partial charge in [0.15, 0.2) is 5.96 Å². The van der Waals surface area contributed by atoms with Gasteiger partial charge < -0.3 is 15.8 Å². The van der Waals surface area contributed by atoms with Crippen molar-refractivity contribution < 1.29 is 4.74 Å². The Kier molecular flexibility index (Phi) is 5.06. The van der Waals surface area contributed by atoms with Crippen molar-refractivity contribution in [2.75, 3.05) is 6.61 Å². The van der Waals surface area contributed by atoms with Crippen LogP contribution in [-0.4, -0.2) is 23.6 Å². The summed E-state index contributed by atoms with van der Waals surface area (Å²) in [5, 5.41) is 3.64. The maximum Gasteiger partial charge on any atom is 0.232 e. The van der Waals surface area contributed by atoms with Crippen LogP contribution in [0.15, 0.2) is 17.3 Å². The van der Waals surface area contributed by atoms with Crippen LogP contribution in [0.2, 0.25) is 5.02 Å². The highest BCUT2D eigenvalue weighted by Gasteiger charge is 2.21. The smallest absolute Gasteiger partial charge is 0.232 e. The molecule has 0 amide bonds. The third-order valence-electron chi connectivity index (χ3n) is 2.78. The lowest BCUT2D eigenvalue weighted by Gasteiger charge is -2.09. The van der Waals surface area contributed by atoms with E-state index < -0.39 is 0 Å². The van der Waals surface area contributed by atoms with Gasteiger partial charge in [-0.2, -0.15) is 0 Å². The first-order valence-corrected chi connectivity index (χ1v) is 7.26. The lowest BCUT2D eigenvalue weighted by atomic mass is 10.2. The van der Waals surface area contributed by atoms with Crippen LogP contribution in [0.5, 0.6) is 5.88 Å². The van der Waals surface area contributed by atoms with Gasteiger partial charge in [-0.05, 0) is 30.4 Å². The van der Waals surface area contributed by atoms with Crippen LogP contribution in [0, 0.1) is 5.92 Å². The van der Waals surface area contributed by atoms with Gasteiger partial charge in [-0.15, -0.1) is 0 Å². The molecule has 5 nitrogen and oxygen atoms in total. The van der Waals surface area contributed by atoms with E-state index in [2.05, 4.69) is 29.1 Å². The van der Waals surface area contributed by atoms with E-state index in [1.54, 1.807) is 6.20 Å². The minimum Gasteiger partial charge on any atom is -0.476 e. The molecule has 1 aliphatic carbocycles. The number of nitrogens with zero attached hydrogens (tertiary/aromatic N) is 2. The van der Waals surface area contributed by atoms with Crippen molar-refractivity contribution >= 4 is 17.6 Å². The Morgan fingerprint density at radius 3 is 2.95 bits per heavy atom. The molecule has 6 heteroatoms. The van der Waals surface area contributed by atoms with Crippen LogP contribution >= 0.6 is 11.6 Å². The molecule has 1 heterocycles. The minimum absolute atomic E-state index is 0.436. The summed E-state index contributed by atoms with van der Waals surface area (Å²) in [6, 6.07) is 2.32. The molecule has 1 saturated carbocycles. The largest absolute Gasteiger partial charge is 0.476 e. The SMILES string of the molecule is CC(C)COc1ncc(CN=C(N)NC2CC2)cc1Cl. The Morgan fingerprint density at radius 1 is 1.60 bits per heavy atom. The summed E-state index contributed by atoms with van der Waals surface area (Å²) in [6.45, 7) is 5.21. The van der Waals surface area contributed by atoms with Gasteiger partial charge in [-0.25, -0.2) is 9.98 Å². The molecule has 0 atom stereocenters. The van der Waals surface area contributed by atoms with E-state index >= 15 is 0 Å². The molecule has 3 N–H and O–H groups in total. The third kappa shape index (κ3) is 4.89. The number of pyridine rings is 1. The van der Waals surface area contributed by atoms with Crippen LogP contribution in [0.3, 0.4) is 0 Å². The van der Waals surface area contributed by atoms with E-state index in [1.165, 1.54) is 12.8 Å². The molecule has 1 aromatic heterocycles. The summed E-state index contributed by atoms with van der Waals surface area (Å²) < 4.78 is 5.52. The fourth-order valence-corrected chi connectivity index (χ4v) is 1.81. The second kappa shape index (κ2) is 6.79. The number of hydrogen-bond acceptors (Lipinski definition) is 3. The van der Waals surface area contributed by atoms with Crippen molar-refractivity contribution in [2.45, 2.75) is 39.3 Å². The van der Waals surface area contributed by atoms with Crippen LogP contribution in [-0.2, 0) is 6.54 Å². The first-order valence-electron chi connectivity index (χ1n) is 6.88. The highest BCUT2D eigenvalue weighted by molar-refractivity contribution is 6.31. The fourth-order valence-electron chi connectivity index (χ4n) is 1.56. The van der Waals surface area contributed by atoms with Gasteiger partial charge in [0.2, 0.25) is 5.88 Å². The maximum absolute atomic E-state index is 6.14. The predicted octanol–water partition coefficient (Wildman–Crippen LogP) is 2.34. The van der Waals surface area contributed by atoms with E-state index in [1.807, 2.05) is 6.07 Å². The van der Waals surface area contributed by atoms with Crippen LogP contribution in [0.4, 0.5) is 0 Å². The summed E-state index contributed by atoms with van der Waals surface area (Å²) in [5.74, 6) is 1.38. The molecule has 0 aromatic carbocycles. The number of halogens is 1. The molecule has 110 valence electrons. The molecule has 1 aromatic rings. The van der Waals surface area contributed by atoms with Gasteiger partial charge >= 0.3 is 0 Å². The number of ether oxygens (including phenoxy) is 1. The number of aromatic nitrogens is 1. The van der Waals surface area contributed by atoms with E-state index in [4.69, 9.17) is 22.1 Å². The molecule has 20 heavy (non-hydrogen) atoms. The molecule has 2 rings (SSSR count). The molecule has 0 unspecified atom stereocenters. The van der Waals surface area contributed by atoms with Gasteiger partial charge in [0.1, 0.15) is 5.02 Å². The van der Waals surface area contributed by atoms with Crippen LogP contribution in [0.25, 0.3) is 0 Å². The van der Waals surface area contributed by atoms with Crippen molar-refractivity contribution in [1.82, 2.24) is 10.3 Å². The summed E-state index contributed by atoms with van der Waals surface area (Å²) in [7, 11) is 0. The third-order valence-corrected chi connectivity index (χ3v) is 3.05. The van der Waals surface area contributed by atoms with E-state index in [9.17, 15) is 0 Å². The first kappa shape index (κ1) is 14.9. The van der Waals surface area contributed by atoms with Gasteiger partial charge in [0.05, 0.1) is 13.2 Å². The second-order valence-electron chi connectivity index (χ2n) is 5.46. The number of rotatable bonds is 6. The Hall–Kier alpha value is -1.49. The summed E-state index contributed by atoms with van der Waals surface area (Å²) in [5.41, 5.74) is 6.68. The van der Waals surface area contributed by atoms with Crippen molar-refractivity contribution in [1.29, 1.82) is 0 Å². The highest BCUT2D eigenvalue weighted by atomic mass is 35.5. The number of aliphatic imine (C=N–C) groups is 1. The van der Waals surface area contributed by atoms with Crippen molar-refractivity contribution in [3.8, 4) is 5.88 Å². The molecule has 1 aliphatic rings. The normalized spacial score (nSPS) is 15.5. The topological polar surface area (TPSA) is 72.5 Å². The lowest BCUT2D eigenvalue weighted by molar-refractivity contribution is 0.261. The Bertz CT molecular complexity index is 486. The van der Waals surface area contributed by atoms with Gasteiger partial charge in [0.25, 0.3) is 0 Å². The fraction of sp³-hybridized carbons (Fsp3) is 0.571. The predicted molar refractivity (Wildman–Crippen MR) is 81.1 cm³/mol. The van der Waals surface area contributed by atoms with Crippen LogP contribution in [0.1, 0.15) is 32.3 Å². The molecule has 0 radical (unpaired) electrons. The zero-order valence-electron chi connectivity index (χ0n) is 11.9. The van der Waals surface area contributed by atoms with E-state index in [0.717, 1.165) is 5.56 Å². The molecule has 1 fully saturated rings. The zero-order chi connectivity index (χ0) is 14.5. The van der Waals surface area contributed by atoms with Crippen molar-refractivity contribution in [2.24, 2.45) is 16.6 Å². The molecular formula is C14H21ClN4O. The Morgan fingerprint density at radius 2 is 2.35 bits per heavy atom. The first-order chi connectivity index (χ1) is 9.54. The molecule has 0 saturated heterocycles. The molecule has 0 aliphatic heterocycles. The molecule has 0 bridgehead atoms. The standard InChI is InChI=1S/C14H21ClN4O/c1-9(2)8-20-13-12(15)5-10(6-17-13)7-18-14(16)19-11-3-4-11/h5-6,9,11H,3-4,7-8H2,1-2H3,(H3,16,18,19). The number of guanidine groups is 1.